The van der Waals surface area contributed by atoms with Crippen LogP contribution in [0.1, 0.15) is 50.2 Å². The van der Waals surface area contributed by atoms with E-state index in [4.69, 9.17) is 27.9 Å². The van der Waals surface area contributed by atoms with Crippen molar-refractivity contribution in [3.8, 4) is 5.75 Å². The van der Waals surface area contributed by atoms with Gasteiger partial charge >= 0.3 is 5.97 Å². The van der Waals surface area contributed by atoms with E-state index in [1.807, 2.05) is 30.1 Å². The van der Waals surface area contributed by atoms with Gasteiger partial charge in [0, 0.05) is 50.9 Å². The molecule has 1 saturated heterocycles. The Kier molecular flexibility index (Phi) is 7.95. The number of carbonyl (C=O) groups is 2. The second kappa shape index (κ2) is 11.1. The van der Waals surface area contributed by atoms with Crippen molar-refractivity contribution in [2.75, 3.05) is 26.7 Å². The quantitative estimate of drug-likeness (QED) is 0.456. The first kappa shape index (κ1) is 27.3. The fraction of sp³-hybridized carbons (Fsp3) is 0.533. The standard InChI is InChI=1S/C30H36Cl2N2O4/c1-19(35)38-28-15-23(33(2)29(37)13-21-8-9-26(31)27(32)12-21)16-30(22-4-3-5-24(36)14-22)10-11-34(18-25(28)30)17-20-6-7-20/h3-5,8-9,12,14,20,23,25,28,36H,6-7,10-11,13,15-18H2,1-2H3. The van der Waals surface area contributed by atoms with E-state index >= 15 is 0 Å². The zero-order chi connectivity index (χ0) is 27.0. The molecule has 1 amide bonds. The Bertz CT molecular complexity index is 1200. The second-order valence-electron chi connectivity index (χ2n) is 11.4. The molecule has 2 aromatic rings. The first-order valence-electron chi connectivity index (χ1n) is 13.5. The third kappa shape index (κ3) is 5.83. The maximum absolute atomic E-state index is 13.5. The van der Waals surface area contributed by atoms with Gasteiger partial charge in [-0.05, 0) is 73.5 Å². The number of likely N-dealkylation sites (tertiary alicyclic amines) is 1. The molecule has 5 rings (SSSR count). The number of rotatable bonds is 7. The van der Waals surface area contributed by atoms with Crippen LogP contribution >= 0.6 is 23.2 Å². The molecule has 3 fully saturated rings. The maximum Gasteiger partial charge on any atom is 0.302 e. The van der Waals surface area contributed by atoms with Crippen molar-refractivity contribution in [1.82, 2.24) is 9.80 Å². The van der Waals surface area contributed by atoms with Crippen molar-refractivity contribution in [2.45, 2.75) is 63.0 Å². The van der Waals surface area contributed by atoms with Crippen LogP contribution in [0.25, 0.3) is 0 Å². The number of hydrogen-bond acceptors (Lipinski definition) is 5. The van der Waals surface area contributed by atoms with Crippen molar-refractivity contribution in [2.24, 2.45) is 11.8 Å². The first-order chi connectivity index (χ1) is 18.1. The average Bonchev–Trinajstić information content (AvgIpc) is 3.69. The zero-order valence-corrected chi connectivity index (χ0v) is 23.5. The predicted molar refractivity (Wildman–Crippen MR) is 149 cm³/mol. The SMILES string of the molecule is CC(=O)OC1CC(N(C)C(=O)Cc2ccc(Cl)c(Cl)c2)CC2(c3cccc(O)c3)CCN(CC3CC3)CC12. The fourth-order valence-corrected chi connectivity index (χ4v) is 6.99. The van der Waals surface area contributed by atoms with E-state index < -0.39 is 0 Å². The van der Waals surface area contributed by atoms with Gasteiger partial charge in [0.15, 0.2) is 0 Å². The zero-order valence-electron chi connectivity index (χ0n) is 22.0. The van der Waals surface area contributed by atoms with Gasteiger partial charge in [0.1, 0.15) is 11.9 Å². The lowest BCUT2D eigenvalue weighted by molar-refractivity contribution is -0.160. The number of nitrogens with zero attached hydrogens (tertiary/aromatic N) is 2. The molecular weight excluding hydrogens is 523 g/mol. The van der Waals surface area contributed by atoms with Crippen molar-refractivity contribution >= 4 is 35.1 Å². The van der Waals surface area contributed by atoms with Crippen LogP contribution in [0.2, 0.25) is 10.0 Å². The Morgan fingerprint density at radius 3 is 2.63 bits per heavy atom. The molecule has 2 saturated carbocycles. The van der Waals surface area contributed by atoms with Crippen LogP contribution in [-0.2, 0) is 26.2 Å². The van der Waals surface area contributed by atoms with E-state index in [2.05, 4.69) is 11.0 Å². The molecule has 8 heteroatoms. The summed E-state index contributed by atoms with van der Waals surface area (Å²) in [7, 11) is 1.84. The summed E-state index contributed by atoms with van der Waals surface area (Å²) < 4.78 is 6.02. The second-order valence-corrected chi connectivity index (χ2v) is 12.3. The summed E-state index contributed by atoms with van der Waals surface area (Å²) in [4.78, 5) is 30.1. The van der Waals surface area contributed by atoms with E-state index in [0.29, 0.717) is 16.5 Å². The van der Waals surface area contributed by atoms with Gasteiger partial charge in [0.2, 0.25) is 5.91 Å². The number of esters is 1. The monoisotopic (exact) mass is 558 g/mol. The molecule has 0 spiro atoms. The number of likely N-dealkylation sites (N-methyl/N-ethyl adjacent to an activating group) is 1. The molecule has 1 aliphatic heterocycles. The number of halogens is 2. The highest BCUT2D eigenvalue weighted by Gasteiger charge is 2.54. The molecule has 0 bridgehead atoms. The Hall–Kier alpha value is -2.28. The molecule has 2 aliphatic carbocycles. The van der Waals surface area contributed by atoms with E-state index in [9.17, 15) is 14.7 Å². The van der Waals surface area contributed by atoms with Crippen molar-refractivity contribution < 1.29 is 19.4 Å². The highest BCUT2D eigenvalue weighted by Crippen LogP contribution is 2.52. The normalized spacial score (nSPS) is 27.4. The maximum atomic E-state index is 13.5. The molecule has 0 radical (unpaired) electrons. The minimum absolute atomic E-state index is 0.0226. The molecule has 1 N–H and O–H groups in total. The van der Waals surface area contributed by atoms with Crippen molar-refractivity contribution in [3.63, 3.8) is 0 Å². The minimum Gasteiger partial charge on any atom is -0.508 e. The molecule has 6 nitrogen and oxygen atoms in total. The Morgan fingerprint density at radius 2 is 1.95 bits per heavy atom. The number of fused-ring (bicyclic) bond motifs is 1. The fourth-order valence-electron chi connectivity index (χ4n) is 6.66. The smallest absolute Gasteiger partial charge is 0.302 e. The summed E-state index contributed by atoms with van der Waals surface area (Å²) in [5.41, 5.74) is 1.54. The summed E-state index contributed by atoms with van der Waals surface area (Å²) in [6, 6.07) is 12.6. The van der Waals surface area contributed by atoms with Gasteiger partial charge in [-0.1, -0.05) is 41.4 Å². The van der Waals surface area contributed by atoms with Crippen LogP contribution in [0.4, 0.5) is 0 Å². The van der Waals surface area contributed by atoms with E-state index in [1.165, 1.54) is 19.8 Å². The average molecular weight is 560 g/mol. The number of ether oxygens (including phenoxy) is 1. The van der Waals surface area contributed by atoms with Gasteiger partial charge in [-0.25, -0.2) is 0 Å². The highest BCUT2D eigenvalue weighted by atomic mass is 35.5. The van der Waals surface area contributed by atoms with Crippen LogP contribution in [0.5, 0.6) is 5.75 Å². The highest BCUT2D eigenvalue weighted by molar-refractivity contribution is 6.42. The molecule has 2 aromatic carbocycles. The Labute approximate surface area is 234 Å². The first-order valence-corrected chi connectivity index (χ1v) is 14.3. The van der Waals surface area contributed by atoms with Crippen LogP contribution in [0.15, 0.2) is 42.5 Å². The van der Waals surface area contributed by atoms with Gasteiger partial charge in [-0.15, -0.1) is 0 Å². The molecule has 4 unspecified atom stereocenters. The molecule has 204 valence electrons. The number of amides is 1. The third-order valence-electron chi connectivity index (χ3n) is 8.82. The van der Waals surface area contributed by atoms with Gasteiger partial charge in [-0.3, -0.25) is 9.59 Å². The lowest BCUT2D eigenvalue weighted by atomic mass is 9.56. The van der Waals surface area contributed by atoms with E-state index in [1.54, 1.807) is 18.2 Å². The van der Waals surface area contributed by atoms with E-state index in [0.717, 1.165) is 49.5 Å². The molecule has 4 atom stereocenters. The number of phenolic OH excluding ortho intramolecular Hbond substituents is 1. The largest absolute Gasteiger partial charge is 0.508 e. The van der Waals surface area contributed by atoms with Gasteiger partial charge < -0.3 is 19.6 Å². The lowest BCUT2D eigenvalue weighted by Gasteiger charge is -2.56. The summed E-state index contributed by atoms with van der Waals surface area (Å²) in [5, 5.41) is 11.3. The van der Waals surface area contributed by atoms with E-state index in [-0.39, 0.29) is 47.5 Å². The summed E-state index contributed by atoms with van der Waals surface area (Å²) in [6.07, 6.45) is 4.69. The lowest BCUT2D eigenvalue weighted by Crippen LogP contribution is -2.62. The van der Waals surface area contributed by atoms with Crippen molar-refractivity contribution in [1.29, 1.82) is 0 Å². The van der Waals surface area contributed by atoms with Gasteiger partial charge in [0.25, 0.3) is 0 Å². The Morgan fingerprint density at radius 1 is 1.16 bits per heavy atom. The summed E-state index contributed by atoms with van der Waals surface area (Å²) >= 11 is 12.2. The number of phenols is 1. The van der Waals surface area contributed by atoms with Crippen LogP contribution in [-0.4, -0.2) is 65.6 Å². The molecule has 0 aromatic heterocycles. The predicted octanol–water partition coefficient (Wildman–Crippen LogP) is 5.46. The molecule has 3 aliphatic rings. The number of piperidine rings is 1. The van der Waals surface area contributed by atoms with Crippen LogP contribution < -0.4 is 0 Å². The van der Waals surface area contributed by atoms with Crippen LogP contribution in [0.3, 0.4) is 0 Å². The minimum atomic E-state index is -0.323. The summed E-state index contributed by atoms with van der Waals surface area (Å²) in [6.45, 7) is 4.34. The summed E-state index contributed by atoms with van der Waals surface area (Å²) in [5.74, 6) is 0.758. The van der Waals surface area contributed by atoms with Crippen molar-refractivity contribution in [3.05, 3.63) is 63.6 Å². The van der Waals surface area contributed by atoms with Crippen LogP contribution in [0, 0.1) is 11.8 Å². The molecule has 38 heavy (non-hydrogen) atoms. The Balaban J connectivity index is 1.45. The van der Waals surface area contributed by atoms with Gasteiger partial charge in [0.05, 0.1) is 16.5 Å². The number of carbonyl (C=O) groups excluding carboxylic acids is 2. The molecular formula is C30H36Cl2N2O4. The third-order valence-corrected chi connectivity index (χ3v) is 9.56. The number of aromatic hydroxyl groups is 1. The van der Waals surface area contributed by atoms with Gasteiger partial charge in [-0.2, -0.15) is 0 Å². The molecule has 1 heterocycles. The topological polar surface area (TPSA) is 70.1 Å². The number of benzene rings is 2. The number of hydrogen-bond donors (Lipinski definition) is 1.